The Labute approximate surface area is 343 Å². The molecule has 58 heavy (non-hydrogen) atoms. The zero-order valence-corrected chi connectivity index (χ0v) is 33.4. The quantitative estimate of drug-likeness (QED) is 0.342. The molecule has 14 heteroatoms. The van der Waals surface area contributed by atoms with Crippen molar-refractivity contribution in [2.45, 2.75) is 51.1 Å². The predicted molar refractivity (Wildman–Crippen MR) is 219 cm³/mol. The van der Waals surface area contributed by atoms with Crippen LogP contribution in [0.1, 0.15) is 75.7 Å². The standard InChI is InChI=1S/C44H47ClN8O5/c1-28-22-44(27-52(28)34-7-4-31(23-46)37(45)21-34)12-14-50(15-13-44)41(56)30-2-5-32(6-3-30)49-18-16-48(17-19-49)24-29-25-51(26-29)33-8-9-35-36(20-33)43(58)53(42(35)57)38-10-11-39(54)47-40(38)55/h2-9,20-21,28-29,38H,10-19,22,24-27H2,1H3,(H,47,54,55). The van der Waals surface area contributed by atoms with Gasteiger partial charge in [-0.15, -0.1) is 0 Å². The number of fused-ring (bicyclic) bond motifs is 1. The van der Waals surface area contributed by atoms with Gasteiger partial charge < -0.3 is 19.6 Å². The van der Waals surface area contributed by atoms with Crippen LogP contribution >= 0.6 is 11.6 Å². The van der Waals surface area contributed by atoms with E-state index in [1.807, 2.05) is 35.2 Å². The van der Waals surface area contributed by atoms with E-state index in [1.165, 1.54) is 0 Å². The minimum atomic E-state index is -0.969. The molecule has 0 aliphatic carbocycles. The van der Waals surface area contributed by atoms with Gasteiger partial charge in [-0.2, -0.15) is 5.26 Å². The van der Waals surface area contributed by atoms with Crippen LogP contribution in [0, 0.1) is 22.7 Å². The Morgan fingerprint density at radius 3 is 2.22 bits per heavy atom. The summed E-state index contributed by atoms with van der Waals surface area (Å²) in [5.74, 6) is -1.38. The van der Waals surface area contributed by atoms with E-state index < -0.39 is 29.7 Å². The number of hydrogen-bond acceptors (Lipinski definition) is 10. The molecule has 13 nitrogen and oxygen atoms in total. The molecule has 0 bridgehead atoms. The van der Waals surface area contributed by atoms with Crippen LogP contribution in [0.25, 0.3) is 0 Å². The maximum Gasteiger partial charge on any atom is 0.262 e. The van der Waals surface area contributed by atoms with Crippen LogP contribution in [0.4, 0.5) is 17.1 Å². The molecule has 6 heterocycles. The molecular formula is C44H47ClN8O5. The van der Waals surface area contributed by atoms with Crippen molar-refractivity contribution in [3.8, 4) is 6.07 Å². The van der Waals surface area contributed by atoms with Gasteiger partial charge in [0.25, 0.3) is 17.7 Å². The number of benzene rings is 3. The van der Waals surface area contributed by atoms with Crippen molar-refractivity contribution in [1.29, 1.82) is 5.26 Å². The number of piperazine rings is 1. The Bertz CT molecular complexity index is 2220. The number of anilines is 3. The zero-order valence-electron chi connectivity index (χ0n) is 32.7. The van der Waals surface area contributed by atoms with Crippen molar-refractivity contribution >= 4 is 58.2 Å². The van der Waals surface area contributed by atoms with Gasteiger partial charge in [0.15, 0.2) is 0 Å². The molecule has 0 saturated carbocycles. The molecule has 9 rings (SSSR count). The molecule has 1 N–H and O–H groups in total. The topological polar surface area (TPSA) is 141 Å². The summed E-state index contributed by atoms with van der Waals surface area (Å²) in [7, 11) is 0. The van der Waals surface area contributed by atoms with Gasteiger partial charge in [0, 0.05) is 106 Å². The summed E-state index contributed by atoms with van der Waals surface area (Å²) in [6.07, 6.45) is 3.24. The molecule has 5 amide bonds. The third-order valence-corrected chi connectivity index (χ3v) is 13.7. The number of carbonyl (C=O) groups is 5. The van der Waals surface area contributed by atoms with Crippen molar-refractivity contribution in [3.63, 3.8) is 0 Å². The number of amides is 5. The molecule has 0 radical (unpaired) electrons. The molecule has 6 aliphatic heterocycles. The molecule has 2 unspecified atom stereocenters. The third kappa shape index (κ3) is 6.96. The molecule has 3 aromatic rings. The SMILES string of the molecule is CC1CC2(CCN(C(=O)c3ccc(N4CCN(CC5CN(c6ccc7c(c6)C(=O)N(C6CCC(=O)NC6=O)C7=O)C5)CC4)cc3)CC2)CN1c1ccc(C#N)c(Cl)c1. The predicted octanol–water partition coefficient (Wildman–Crippen LogP) is 4.39. The molecule has 1 spiro atoms. The number of halogens is 1. The van der Waals surface area contributed by atoms with E-state index in [0.717, 1.165) is 112 Å². The van der Waals surface area contributed by atoms with Crippen LogP contribution in [-0.4, -0.2) is 122 Å². The Hall–Kier alpha value is -5.45. The van der Waals surface area contributed by atoms with Crippen LogP contribution in [0.3, 0.4) is 0 Å². The summed E-state index contributed by atoms with van der Waals surface area (Å²) in [6.45, 7) is 11.1. The van der Waals surface area contributed by atoms with E-state index in [-0.39, 0.29) is 24.2 Å². The monoisotopic (exact) mass is 802 g/mol. The van der Waals surface area contributed by atoms with Crippen LogP contribution in [-0.2, 0) is 9.59 Å². The van der Waals surface area contributed by atoms with E-state index >= 15 is 0 Å². The maximum atomic E-state index is 13.6. The fourth-order valence-corrected chi connectivity index (χ4v) is 10.3. The van der Waals surface area contributed by atoms with Gasteiger partial charge in [0.1, 0.15) is 12.1 Å². The lowest BCUT2D eigenvalue weighted by atomic mass is 9.76. The summed E-state index contributed by atoms with van der Waals surface area (Å²) < 4.78 is 0. The van der Waals surface area contributed by atoms with Crippen molar-refractivity contribution in [1.82, 2.24) is 20.0 Å². The Kier molecular flexibility index (Phi) is 9.88. The van der Waals surface area contributed by atoms with Gasteiger partial charge in [-0.05, 0) is 98.7 Å². The smallest absolute Gasteiger partial charge is 0.262 e. The van der Waals surface area contributed by atoms with Gasteiger partial charge in [-0.1, -0.05) is 11.6 Å². The fraction of sp³-hybridized carbons (Fsp3) is 0.455. The summed E-state index contributed by atoms with van der Waals surface area (Å²) in [5, 5.41) is 12.0. The van der Waals surface area contributed by atoms with Gasteiger partial charge in [-0.25, -0.2) is 0 Å². The minimum Gasteiger partial charge on any atom is -0.371 e. The third-order valence-electron chi connectivity index (χ3n) is 13.4. The number of nitriles is 1. The normalized spacial score (nSPS) is 23.6. The second-order valence-corrected chi connectivity index (χ2v) is 17.4. The van der Waals surface area contributed by atoms with Crippen LogP contribution in [0.2, 0.25) is 5.02 Å². The number of piperidine rings is 2. The lowest BCUT2D eigenvalue weighted by molar-refractivity contribution is -0.136. The summed E-state index contributed by atoms with van der Waals surface area (Å²) in [5.41, 5.74) is 5.06. The van der Waals surface area contributed by atoms with Crippen LogP contribution < -0.4 is 20.0 Å². The van der Waals surface area contributed by atoms with Gasteiger partial charge in [-0.3, -0.25) is 39.1 Å². The van der Waals surface area contributed by atoms with Crippen LogP contribution in [0.15, 0.2) is 60.7 Å². The van der Waals surface area contributed by atoms with Gasteiger partial charge in [0.05, 0.1) is 21.7 Å². The van der Waals surface area contributed by atoms with Gasteiger partial charge in [0.2, 0.25) is 11.8 Å². The second kappa shape index (κ2) is 15.1. The Balaban J connectivity index is 0.721. The van der Waals surface area contributed by atoms with Crippen LogP contribution in [0.5, 0.6) is 0 Å². The molecule has 0 aromatic heterocycles. The fourth-order valence-electron chi connectivity index (χ4n) is 10.1. The number of likely N-dealkylation sites (tertiary alicyclic amines) is 1. The molecule has 5 fully saturated rings. The molecule has 6 aliphatic rings. The zero-order chi connectivity index (χ0) is 40.3. The number of hydrogen-bond donors (Lipinski definition) is 1. The molecule has 3 aromatic carbocycles. The highest BCUT2D eigenvalue weighted by atomic mass is 35.5. The van der Waals surface area contributed by atoms with E-state index in [1.54, 1.807) is 18.2 Å². The summed E-state index contributed by atoms with van der Waals surface area (Å²) in [4.78, 5) is 76.5. The number of rotatable bonds is 7. The highest BCUT2D eigenvalue weighted by Crippen LogP contribution is 2.45. The van der Waals surface area contributed by atoms with Crippen molar-refractivity contribution < 1.29 is 24.0 Å². The summed E-state index contributed by atoms with van der Waals surface area (Å²) >= 11 is 6.36. The first-order valence-corrected chi connectivity index (χ1v) is 20.8. The van der Waals surface area contributed by atoms with E-state index in [9.17, 15) is 29.2 Å². The molecular weight excluding hydrogens is 756 g/mol. The number of nitrogens with one attached hydrogen (secondary N) is 1. The average molecular weight is 803 g/mol. The van der Waals surface area contributed by atoms with Crippen molar-refractivity contribution in [3.05, 3.63) is 87.9 Å². The number of imide groups is 2. The molecule has 300 valence electrons. The van der Waals surface area contributed by atoms with E-state index in [0.29, 0.717) is 33.7 Å². The van der Waals surface area contributed by atoms with E-state index in [2.05, 4.69) is 50.0 Å². The lowest BCUT2D eigenvalue weighted by Gasteiger charge is -2.45. The molecule has 5 saturated heterocycles. The summed E-state index contributed by atoms with van der Waals surface area (Å²) in [6, 6.07) is 20.6. The van der Waals surface area contributed by atoms with Gasteiger partial charge >= 0.3 is 0 Å². The maximum absolute atomic E-state index is 13.6. The second-order valence-electron chi connectivity index (χ2n) is 17.0. The largest absolute Gasteiger partial charge is 0.371 e. The average Bonchev–Trinajstić information content (AvgIpc) is 3.66. The first kappa shape index (κ1) is 38.1. The molecule has 2 atom stereocenters. The Morgan fingerprint density at radius 1 is 0.845 bits per heavy atom. The highest BCUT2D eigenvalue weighted by molar-refractivity contribution is 6.32. The van der Waals surface area contributed by atoms with E-state index in [4.69, 9.17) is 11.6 Å². The van der Waals surface area contributed by atoms with Crippen molar-refractivity contribution in [2.24, 2.45) is 11.3 Å². The van der Waals surface area contributed by atoms with Crippen molar-refractivity contribution in [2.75, 3.05) is 80.1 Å². The first-order chi connectivity index (χ1) is 28.0. The highest BCUT2D eigenvalue weighted by Gasteiger charge is 2.46. The lowest BCUT2D eigenvalue weighted by Crippen LogP contribution is -2.55. The minimum absolute atomic E-state index is 0.0938. The first-order valence-electron chi connectivity index (χ1n) is 20.4. The number of carbonyl (C=O) groups excluding carboxylic acids is 5. The Morgan fingerprint density at radius 2 is 1.53 bits per heavy atom. The number of nitrogens with zero attached hydrogens (tertiary/aromatic N) is 7.